The van der Waals surface area contributed by atoms with Gasteiger partial charge in [-0.2, -0.15) is 13.2 Å². The summed E-state index contributed by atoms with van der Waals surface area (Å²) in [5.41, 5.74) is 0.831. The van der Waals surface area contributed by atoms with Gasteiger partial charge in [-0.05, 0) is 30.5 Å². The van der Waals surface area contributed by atoms with Crippen LogP contribution in [0.4, 0.5) is 13.2 Å². The van der Waals surface area contributed by atoms with Gasteiger partial charge in [-0.1, -0.05) is 12.1 Å². The zero-order chi connectivity index (χ0) is 12.9. The van der Waals surface area contributed by atoms with Gasteiger partial charge in [-0.3, -0.25) is 0 Å². The van der Waals surface area contributed by atoms with Crippen LogP contribution in [0.3, 0.4) is 0 Å². The van der Waals surface area contributed by atoms with Crippen LogP contribution in [0.5, 0.6) is 5.75 Å². The zero-order valence-electron chi connectivity index (χ0n) is 9.75. The summed E-state index contributed by atoms with van der Waals surface area (Å²) < 4.78 is 46.6. The molecule has 1 rings (SSSR count). The van der Waals surface area contributed by atoms with Crippen molar-refractivity contribution in [3.05, 3.63) is 29.8 Å². The largest absolute Gasteiger partial charge is 0.497 e. The van der Waals surface area contributed by atoms with Gasteiger partial charge < -0.3 is 9.47 Å². The standard InChI is InChI=1S/C12H15F3O2/c1-16-10-6-3-9(4-7-10)5-8-11(17-2)12(13,14)15/h3-4,6-7,11H,5,8H2,1-2H3. The van der Waals surface area contributed by atoms with Crippen LogP contribution in [0.15, 0.2) is 24.3 Å². The number of hydrogen-bond donors (Lipinski definition) is 0. The van der Waals surface area contributed by atoms with Crippen LogP contribution >= 0.6 is 0 Å². The van der Waals surface area contributed by atoms with Crippen LogP contribution in [-0.4, -0.2) is 26.5 Å². The van der Waals surface area contributed by atoms with Crippen molar-refractivity contribution in [2.24, 2.45) is 0 Å². The van der Waals surface area contributed by atoms with Crippen molar-refractivity contribution >= 4 is 0 Å². The zero-order valence-corrected chi connectivity index (χ0v) is 9.75. The van der Waals surface area contributed by atoms with Gasteiger partial charge in [0, 0.05) is 7.11 Å². The van der Waals surface area contributed by atoms with E-state index >= 15 is 0 Å². The van der Waals surface area contributed by atoms with E-state index in [9.17, 15) is 13.2 Å². The molecule has 0 N–H and O–H groups in total. The molecule has 1 aromatic rings. The minimum absolute atomic E-state index is 0.0771. The highest BCUT2D eigenvalue weighted by Gasteiger charge is 2.39. The number of halogens is 3. The molecule has 0 saturated heterocycles. The number of alkyl halides is 3. The highest BCUT2D eigenvalue weighted by Crippen LogP contribution is 2.26. The molecular formula is C12H15F3O2. The van der Waals surface area contributed by atoms with Crippen LogP contribution in [0, 0.1) is 0 Å². The van der Waals surface area contributed by atoms with Crippen molar-refractivity contribution in [1.82, 2.24) is 0 Å². The van der Waals surface area contributed by atoms with E-state index in [0.29, 0.717) is 12.2 Å². The Morgan fingerprint density at radius 1 is 1.12 bits per heavy atom. The number of benzene rings is 1. The van der Waals surface area contributed by atoms with Crippen molar-refractivity contribution in [2.45, 2.75) is 25.1 Å². The highest BCUT2D eigenvalue weighted by atomic mass is 19.4. The lowest BCUT2D eigenvalue weighted by atomic mass is 10.1. The molecule has 5 heteroatoms. The van der Waals surface area contributed by atoms with E-state index in [1.165, 1.54) is 0 Å². The van der Waals surface area contributed by atoms with Crippen LogP contribution in [-0.2, 0) is 11.2 Å². The minimum Gasteiger partial charge on any atom is -0.497 e. The molecule has 1 aromatic carbocycles. The SMILES string of the molecule is COc1ccc(CCC(OC)C(F)(F)F)cc1. The average molecular weight is 248 g/mol. The van der Waals surface area contributed by atoms with Gasteiger partial charge in [-0.25, -0.2) is 0 Å². The summed E-state index contributed by atoms with van der Waals surface area (Å²) in [5, 5.41) is 0. The summed E-state index contributed by atoms with van der Waals surface area (Å²) in [6.45, 7) is 0. The maximum Gasteiger partial charge on any atom is 0.414 e. The Kier molecular flexibility index (Phi) is 4.81. The molecule has 0 radical (unpaired) electrons. The molecule has 17 heavy (non-hydrogen) atoms. The Bertz CT molecular complexity index is 333. The molecule has 0 heterocycles. The molecule has 1 unspecified atom stereocenters. The summed E-state index contributed by atoms with van der Waals surface area (Å²) >= 11 is 0. The summed E-state index contributed by atoms with van der Waals surface area (Å²) in [5.74, 6) is 0.688. The van der Waals surface area contributed by atoms with Gasteiger partial charge in [0.2, 0.25) is 0 Å². The lowest BCUT2D eigenvalue weighted by molar-refractivity contribution is -0.214. The molecule has 1 atom stereocenters. The van der Waals surface area contributed by atoms with E-state index in [2.05, 4.69) is 4.74 Å². The quantitative estimate of drug-likeness (QED) is 0.796. The van der Waals surface area contributed by atoms with E-state index in [1.807, 2.05) is 0 Å². The number of rotatable bonds is 5. The Labute approximate surface area is 98.3 Å². The number of ether oxygens (including phenoxy) is 2. The third kappa shape index (κ3) is 4.26. The Morgan fingerprint density at radius 2 is 1.71 bits per heavy atom. The molecule has 2 nitrogen and oxygen atoms in total. The van der Waals surface area contributed by atoms with Crippen molar-refractivity contribution in [2.75, 3.05) is 14.2 Å². The number of hydrogen-bond acceptors (Lipinski definition) is 2. The number of methoxy groups -OCH3 is 2. The van der Waals surface area contributed by atoms with Gasteiger partial charge in [0.1, 0.15) is 5.75 Å². The van der Waals surface area contributed by atoms with E-state index in [1.54, 1.807) is 31.4 Å². The van der Waals surface area contributed by atoms with Crippen LogP contribution in [0.1, 0.15) is 12.0 Å². The Hall–Kier alpha value is -1.23. The summed E-state index contributed by atoms with van der Waals surface area (Å²) in [7, 11) is 2.62. The Balaban J connectivity index is 2.54. The molecule has 0 aliphatic heterocycles. The molecule has 0 aliphatic carbocycles. The molecule has 0 bridgehead atoms. The van der Waals surface area contributed by atoms with Crippen molar-refractivity contribution in [3.63, 3.8) is 0 Å². The third-order valence-electron chi connectivity index (χ3n) is 2.50. The first kappa shape index (κ1) is 13.8. The smallest absolute Gasteiger partial charge is 0.414 e. The second-order valence-electron chi connectivity index (χ2n) is 3.65. The van der Waals surface area contributed by atoms with Crippen molar-refractivity contribution < 1.29 is 22.6 Å². The summed E-state index contributed by atoms with van der Waals surface area (Å²) in [6, 6.07) is 6.96. The van der Waals surface area contributed by atoms with Gasteiger partial charge in [0.05, 0.1) is 7.11 Å². The molecule has 0 amide bonds. The van der Waals surface area contributed by atoms with Crippen LogP contribution < -0.4 is 4.74 Å². The van der Waals surface area contributed by atoms with Crippen LogP contribution in [0.2, 0.25) is 0 Å². The molecule has 0 saturated carbocycles. The van der Waals surface area contributed by atoms with Crippen molar-refractivity contribution in [3.8, 4) is 5.75 Å². The molecule has 0 aliphatic rings. The van der Waals surface area contributed by atoms with Gasteiger partial charge in [0.15, 0.2) is 6.10 Å². The fraction of sp³-hybridized carbons (Fsp3) is 0.500. The third-order valence-corrected chi connectivity index (χ3v) is 2.50. The van der Waals surface area contributed by atoms with Gasteiger partial charge in [-0.15, -0.1) is 0 Å². The second kappa shape index (κ2) is 5.91. The number of aryl methyl sites for hydroxylation is 1. The first-order valence-corrected chi connectivity index (χ1v) is 5.20. The normalized spacial score (nSPS) is 13.5. The van der Waals surface area contributed by atoms with Gasteiger partial charge >= 0.3 is 6.18 Å². The van der Waals surface area contributed by atoms with E-state index < -0.39 is 12.3 Å². The summed E-state index contributed by atoms with van der Waals surface area (Å²) in [4.78, 5) is 0. The molecule has 0 aromatic heterocycles. The molecule has 0 fully saturated rings. The predicted octanol–water partition coefficient (Wildman–Crippen LogP) is 3.21. The van der Waals surface area contributed by atoms with Gasteiger partial charge in [0.25, 0.3) is 0 Å². The summed E-state index contributed by atoms with van der Waals surface area (Å²) in [6.07, 6.45) is -5.76. The maximum atomic E-state index is 12.4. The molecule has 96 valence electrons. The van der Waals surface area contributed by atoms with E-state index in [0.717, 1.165) is 12.7 Å². The molecular weight excluding hydrogens is 233 g/mol. The topological polar surface area (TPSA) is 18.5 Å². The second-order valence-corrected chi connectivity index (χ2v) is 3.65. The fourth-order valence-electron chi connectivity index (χ4n) is 1.51. The Morgan fingerprint density at radius 3 is 2.12 bits per heavy atom. The first-order valence-electron chi connectivity index (χ1n) is 5.20. The van der Waals surface area contributed by atoms with E-state index in [-0.39, 0.29) is 6.42 Å². The van der Waals surface area contributed by atoms with E-state index in [4.69, 9.17) is 4.74 Å². The minimum atomic E-state index is -4.30. The lowest BCUT2D eigenvalue weighted by Crippen LogP contribution is -2.31. The average Bonchev–Trinajstić information content (AvgIpc) is 2.29. The fourth-order valence-corrected chi connectivity index (χ4v) is 1.51. The first-order chi connectivity index (χ1) is 7.97. The maximum absolute atomic E-state index is 12.4. The molecule has 0 spiro atoms. The highest BCUT2D eigenvalue weighted by molar-refractivity contribution is 5.27. The van der Waals surface area contributed by atoms with Crippen molar-refractivity contribution in [1.29, 1.82) is 0 Å². The monoisotopic (exact) mass is 248 g/mol. The lowest BCUT2D eigenvalue weighted by Gasteiger charge is -2.18. The van der Waals surface area contributed by atoms with Crippen LogP contribution in [0.25, 0.3) is 0 Å². The predicted molar refractivity (Wildman–Crippen MR) is 58.2 cm³/mol.